The van der Waals surface area contributed by atoms with Crippen molar-refractivity contribution in [3.8, 4) is 5.75 Å². The summed E-state index contributed by atoms with van der Waals surface area (Å²) in [6, 6.07) is 4.28. The molecule has 0 radical (unpaired) electrons. The van der Waals surface area contributed by atoms with Crippen LogP contribution >= 0.6 is 0 Å². The first kappa shape index (κ1) is 13.2. The number of aromatic amines is 1. The average molecular weight is 284 g/mol. The van der Waals surface area contributed by atoms with Gasteiger partial charge in [0.2, 0.25) is 10.0 Å². The van der Waals surface area contributed by atoms with Crippen LogP contribution in [0, 0.1) is 0 Å². The van der Waals surface area contributed by atoms with E-state index in [9.17, 15) is 8.42 Å². The first-order chi connectivity index (χ1) is 9.03. The number of methoxy groups -OCH3 is 1. The lowest BCUT2D eigenvalue weighted by molar-refractivity contribution is 0.402. The van der Waals surface area contributed by atoms with Gasteiger partial charge in [0, 0.05) is 11.8 Å². The zero-order chi connectivity index (χ0) is 13.9. The SMILES string of the molecule is COc1cc(N)ccc1S(=O)(=O)NCc1nn[nH]n1. The molecule has 0 aliphatic heterocycles. The number of sulfonamides is 1. The highest BCUT2D eigenvalue weighted by molar-refractivity contribution is 7.89. The van der Waals surface area contributed by atoms with Crippen molar-refractivity contribution in [2.24, 2.45) is 0 Å². The van der Waals surface area contributed by atoms with Crippen molar-refractivity contribution in [3.05, 3.63) is 24.0 Å². The Labute approximate surface area is 109 Å². The molecule has 0 fully saturated rings. The normalized spacial score (nSPS) is 11.4. The molecule has 19 heavy (non-hydrogen) atoms. The van der Waals surface area contributed by atoms with Crippen LogP contribution in [0.5, 0.6) is 5.75 Å². The number of hydrogen-bond acceptors (Lipinski definition) is 7. The van der Waals surface area contributed by atoms with Crippen LogP contribution in [0.15, 0.2) is 23.1 Å². The third kappa shape index (κ3) is 2.98. The molecular formula is C9H12N6O3S. The molecule has 9 nitrogen and oxygen atoms in total. The summed E-state index contributed by atoms with van der Waals surface area (Å²) in [4.78, 5) is -0.00676. The van der Waals surface area contributed by atoms with E-state index in [1.54, 1.807) is 0 Å². The van der Waals surface area contributed by atoms with E-state index in [1.807, 2.05) is 0 Å². The number of hydrogen-bond donors (Lipinski definition) is 3. The van der Waals surface area contributed by atoms with E-state index in [2.05, 4.69) is 25.3 Å². The Bertz CT molecular complexity index is 655. The zero-order valence-electron chi connectivity index (χ0n) is 9.99. The number of nitrogens with zero attached hydrogens (tertiary/aromatic N) is 3. The molecule has 0 aliphatic carbocycles. The molecule has 10 heteroatoms. The fourth-order valence-electron chi connectivity index (χ4n) is 1.40. The van der Waals surface area contributed by atoms with Gasteiger partial charge in [-0.05, 0) is 12.1 Å². The molecule has 0 saturated carbocycles. The Morgan fingerprint density at radius 2 is 2.26 bits per heavy atom. The third-order valence-corrected chi connectivity index (χ3v) is 3.73. The van der Waals surface area contributed by atoms with Gasteiger partial charge in [-0.15, -0.1) is 10.2 Å². The Morgan fingerprint density at radius 1 is 1.47 bits per heavy atom. The van der Waals surface area contributed by atoms with Crippen molar-refractivity contribution in [2.45, 2.75) is 11.4 Å². The summed E-state index contributed by atoms with van der Waals surface area (Å²) in [5.74, 6) is 0.401. The van der Waals surface area contributed by atoms with Gasteiger partial charge in [0.25, 0.3) is 0 Å². The van der Waals surface area contributed by atoms with Gasteiger partial charge < -0.3 is 10.5 Å². The van der Waals surface area contributed by atoms with E-state index < -0.39 is 10.0 Å². The lowest BCUT2D eigenvalue weighted by Gasteiger charge is -2.10. The monoisotopic (exact) mass is 284 g/mol. The molecule has 0 amide bonds. The van der Waals surface area contributed by atoms with Crippen molar-refractivity contribution < 1.29 is 13.2 Å². The number of H-pyrrole nitrogens is 1. The van der Waals surface area contributed by atoms with Gasteiger partial charge in [-0.3, -0.25) is 0 Å². The summed E-state index contributed by atoms with van der Waals surface area (Å²) in [6.45, 7) is -0.0770. The molecule has 0 spiro atoms. The van der Waals surface area contributed by atoms with Crippen LogP contribution in [0.2, 0.25) is 0 Å². The van der Waals surface area contributed by atoms with Crippen molar-refractivity contribution in [1.82, 2.24) is 25.3 Å². The van der Waals surface area contributed by atoms with Gasteiger partial charge in [-0.2, -0.15) is 5.21 Å². The summed E-state index contributed by atoms with van der Waals surface area (Å²) in [7, 11) is -2.38. The molecule has 2 rings (SSSR count). The predicted molar refractivity (Wildman–Crippen MR) is 65.6 cm³/mol. The predicted octanol–water partition coefficient (Wildman–Crippen LogP) is -0.731. The molecule has 0 aliphatic rings. The topological polar surface area (TPSA) is 136 Å². The lowest BCUT2D eigenvalue weighted by Crippen LogP contribution is -2.24. The maximum Gasteiger partial charge on any atom is 0.244 e. The molecule has 1 aromatic heterocycles. The van der Waals surface area contributed by atoms with Crippen molar-refractivity contribution in [3.63, 3.8) is 0 Å². The van der Waals surface area contributed by atoms with Crippen LogP contribution in [0.1, 0.15) is 5.82 Å². The molecule has 0 bridgehead atoms. The second-order valence-electron chi connectivity index (χ2n) is 3.56. The second-order valence-corrected chi connectivity index (χ2v) is 5.30. The van der Waals surface area contributed by atoms with Gasteiger partial charge in [0.15, 0.2) is 5.82 Å². The number of ether oxygens (including phenoxy) is 1. The fraction of sp³-hybridized carbons (Fsp3) is 0.222. The smallest absolute Gasteiger partial charge is 0.244 e. The van der Waals surface area contributed by atoms with Crippen LogP contribution in [0.4, 0.5) is 5.69 Å². The lowest BCUT2D eigenvalue weighted by atomic mass is 10.3. The van der Waals surface area contributed by atoms with Gasteiger partial charge >= 0.3 is 0 Å². The van der Waals surface area contributed by atoms with Crippen LogP contribution in [-0.2, 0) is 16.6 Å². The minimum absolute atomic E-state index is 0.00676. The van der Waals surface area contributed by atoms with Gasteiger partial charge in [0.1, 0.15) is 10.6 Å². The number of anilines is 1. The third-order valence-electron chi connectivity index (χ3n) is 2.29. The summed E-state index contributed by atoms with van der Waals surface area (Å²) >= 11 is 0. The summed E-state index contributed by atoms with van der Waals surface area (Å²) in [6.07, 6.45) is 0. The van der Waals surface area contributed by atoms with Crippen LogP contribution in [0.3, 0.4) is 0 Å². The minimum Gasteiger partial charge on any atom is -0.495 e. The molecule has 0 unspecified atom stereocenters. The molecule has 0 saturated heterocycles. The highest BCUT2D eigenvalue weighted by Crippen LogP contribution is 2.25. The maximum atomic E-state index is 12.1. The molecular weight excluding hydrogens is 272 g/mol. The number of nitrogens with one attached hydrogen (secondary N) is 2. The molecule has 1 heterocycles. The average Bonchev–Trinajstić information content (AvgIpc) is 2.89. The van der Waals surface area contributed by atoms with E-state index in [0.717, 1.165) is 0 Å². The fourth-order valence-corrected chi connectivity index (χ4v) is 2.53. The molecule has 1 aromatic carbocycles. The van der Waals surface area contributed by atoms with Gasteiger partial charge in [-0.25, -0.2) is 13.1 Å². The number of tetrazole rings is 1. The van der Waals surface area contributed by atoms with Crippen molar-refractivity contribution in [2.75, 3.05) is 12.8 Å². The van der Waals surface area contributed by atoms with E-state index in [0.29, 0.717) is 5.69 Å². The maximum absolute atomic E-state index is 12.1. The van der Waals surface area contributed by atoms with Crippen LogP contribution < -0.4 is 15.2 Å². The number of benzene rings is 1. The molecule has 4 N–H and O–H groups in total. The molecule has 102 valence electrons. The number of aromatic nitrogens is 4. The van der Waals surface area contributed by atoms with E-state index in [4.69, 9.17) is 10.5 Å². The molecule has 0 atom stereocenters. The van der Waals surface area contributed by atoms with Gasteiger partial charge in [-0.1, -0.05) is 5.21 Å². The second kappa shape index (κ2) is 5.20. The van der Waals surface area contributed by atoms with E-state index >= 15 is 0 Å². The first-order valence-corrected chi connectivity index (χ1v) is 6.67. The largest absolute Gasteiger partial charge is 0.495 e. The Kier molecular flexibility index (Phi) is 3.62. The van der Waals surface area contributed by atoms with Crippen molar-refractivity contribution in [1.29, 1.82) is 0 Å². The quantitative estimate of drug-likeness (QED) is 0.615. The molecule has 2 aromatic rings. The first-order valence-electron chi connectivity index (χ1n) is 5.18. The Hall–Kier alpha value is -2.20. The highest BCUT2D eigenvalue weighted by atomic mass is 32.2. The number of nitrogen functional groups attached to an aromatic ring is 1. The number of rotatable bonds is 5. The standard InChI is InChI=1S/C9H12N6O3S/c1-18-7-4-6(10)2-3-8(7)19(16,17)11-5-9-12-14-15-13-9/h2-4,11H,5,10H2,1H3,(H,12,13,14,15). The van der Waals surface area contributed by atoms with E-state index in [-0.39, 0.29) is 23.0 Å². The van der Waals surface area contributed by atoms with Gasteiger partial charge in [0.05, 0.1) is 13.7 Å². The van der Waals surface area contributed by atoms with E-state index in [1.165, 1.54) is 25.3 Å². The van der Waals surface area contributed by atoms with Crippen molar-refractivity contribution >= 4 is 15.7 Å². The zero-order valence-corrected chi connectivity index (χ0v) is 10.8. The Morgan fingerprint density at radius 3 is 2.89 bits per heavy atom. The highest BCUT2D eigenvalue weighted by Gasteiger charge is 2.19. The van der Waals surface area contributed by atoms with Crippen LogP contribution in [0.25, 0.3) is 0 Å². The summed E-state index contributed by atoms with van der Waals surface area (Å²) in [5, 5.41) is 12.8. The Balaban J connectivity index is 2.24. The minimum atomic E-state index is -3.75. The summed E-state index contributed by atoms with van der Waals surface area (Å²) in [5.41, 5.74) is 5.98. The van der Waals surface area contributed by atoms with Crippen LogP contribution in [-0.4, -0.2) is 36.2 Å². The summed E-state index contributed by atoms with van der Waals surface area (Å²) < 4.78 is 31.5. The number of nitrogens with two attached hydrogens (primary N) is 1.